The van der Waals surface area contributed by atoms with Gasteiger partial charge in [-0.2, -0.15) is 5.10 Å². The summed E-state index contributed by atoms with van der Waals surface area (Å²) in [5.74, 6) is 1.84. The molecule has 2 heterocycles. The first-order valence-electron chi connectivity index (χ1n) is 10.6. The van der Waals surface area contributed by atoms with E-state index in [1.54, 1.807) is 12.1 Å². The first-order valence-corrected chi connectivity index (χ1v) is 10.6. The Morgan fingerprint density at radius 2 is 1.90 bits per heavy atom. The second kappa shape index (κ2) is 8.76. The highest BCUT2D eigenvalue weighted by Crippen LogP contribution is 2.30. The molecule has 2 fully saturated rings. The van der Waals surface area contributed by atoms with Gasteiger partial charge in [-0.1, -0.05) is 37.5 Å². The van der Waals surface area contributed by atoms with E-state index in [0.717, 1.165) is 18.7 Å². The normalized spacial score (nSPS) is 22.6. The number of likely N-dealkylation sites (tertiary alicyclic amines) is 1. The fourth-order valence-corrected chi connectivity index (χ4v) is 4.55. The monoisotopic (exact) mass is 395 g/mol. The molecule has 2 aliphatic rings. The summed E-state index contributed by atoms with van der Waals surface area (Å²) in [7, 11) is 0. The van der Waals surface area contributed by atoms with E-state index < -0.39 is 0 Å². The van der Waals surface area contributed by atoms with Crippen molar-refractivity contribution in [2.24, 2.45) is 5.92 Å². The number of hydrogen-bond donors (Lipinski definition) is 2. The van der Waals surface area contributed by atoms with Crippen LogP contribution in [0.25, 0.3) is 0 Å². The van der Waals surface area contributed by atoms with Crippen molar-refractivity contribution in [1.29, 1.82) is 0 Å². The fourth-order valence-electron chi connectivity index (χ4n) is 4.55. The van der Waals surface area contributed by atoms with Crippen molar-refractivity contribution in [3.8, 4) is 0 Å². The summed E-state index contributed by atoms with van der Waals surface area (Å²) in [6.45, 7) is 2.90. The van der Waals surface area contributed by atoms with Crippen molar-refractivity contribution < 1.29 is 9.59 Å². The van der Waals surface area contributed by atoms with Crippen LogP contribution in [0.1, 0.15) is 66.4 Å². The number of aryl methyl sites for hydroxylation is 1. The molecule has 1 saturated carbocycles. The van der Waals surface area contributed by atoms with E-state index in [1.807, 2.05) is 30.0 Å². The molecule has 1 aliphatic carbocycles. The van der Waals surface area contributed by atoms with Crippen LogP contribution >= 0.6 is 0 Å². The molecule has 1 aromatic carbocycles. The number of nitrogens with one attached hydrogen (secondary N) is 2. The molecule has 0 radical (unpaired) electrons. The molecule has 7 nitrogen and oxygen atoms in total. The van der Waals surface area contributed by atoms with Gasteiger partial charge < -0.3 is 10.2 Å². The third-order valence-electron chi connectivity index (χ3n) is 6.16. The van der Waals surface area contributed by atoms with Gasteiger partial charge in [-0.25, -0.2) is 4.98 Å². The molecule has 2 amide bonds. The van der Waals surface area contributed by atoms with Crippen LogP contribution in [0.3, 0.4) is 0 Å². The molecule has 154 valence electrons. The Kier molecular flexibility index (Phi) is 5.92. The van der Waals surface area contributed by atoms with Crippen LogP contribution in [0.4, 0.5) is 0 Å². The Morgan fingerprint density at radius 1 is 1.14 bits per heavy atom. The third kappa shape index (κ3) is 4.66. The van der Waals surface area contributed by atoms with Gasteiger partial charge in [0.15, 0.2) is 5.82 Å². The van der Waals surface area contributed by atoms with Gasteiger partial charge in [0.25, 0.3) is 5.91 Å². The summed E-state index contributed by atoms with van der Waals surface area (Å²) >= 11 is 0. The number of amides is 2. The molecule has 1 saturated heterocycles. The zero-order chi connectivity index (χ0) is 20.2. The SMILES string of the molecule is Cc1nc(C2CN(C(=O)CC3CCCCC3)CC2NC(=O)c2ccccc2)n[nH]1. The number of rotatable bonds is 5. The molecule has 1 aliphatic heterocycles. The van der Waals surface area contributed by atoms with Gasteiger partial charge in [0, 0.05) is 25.1 Å². The van der Waals surface area contributed by atoms with Crippen LogP contribution in [0, 0.1) is 12.8 Å². The van der Waals surface area contributed by atoms with Gasteiger partial charge in [0.05, 0.1) is 12.0 Å². The highest BCUT2D eigenvalue weighted by atomic mass is 16.2. The Balaban J connectivity index is 1.47. The summed E-state index contributed by atoms with van der Waals surface area (Å²) in [5.41, 5.74) is 0.615. The Labute approximate surface area is 171 Å². The largest absolute Gasteiger partial charge is 0.347 e. The molecule has 7 heteroatoms. The van der Waals surface area contributed by atoms with Crippen molar-refractivity contribution in [2.45, 2.75) is 57.4 Å². The van der Waals surface area contributed by atoms with Crippen molar-refractivity contribution in [3.05, 3.63) is 47.5 Å². The standard InChI is InChI=1S/C22H29N5O2/c1-15-23-21(26-25-15)18-13-27(20(28)12-16-8-4-2-5-9-16)14-19(18)24-22(29)17-10-6-3-7-11-17/h3,6-7,10-11,16,18-19H,2,4-5,8-9,12-14H2,1H3,(H,24,29)(H,23,25,26). The molecule has 1 aromatic heterocycles. The van der Waals surface area contributed by atoms with Crippen LogP contribution in [0.15, 0.2) is 30.3 Å². The van der Waals surface area contributed by atoms with Crippen LogP contribution in [0.2, 0.25) is 0 Å². The lowest BCUT2D eigenvalue weighted by Crippen LogP contribution is -2.40. The van der Waals surface area contributed by atoms with E-state index in [0.29, 0.717) is 36.8 Å². The smallest absolute Gasteiger partial charge is 0.251 e. The lowest BCUT2D eigenvalue weighted by molar-refractivity contribution is -0.131. The lowest BCUT2D eigenvalue weighted by atomic mass is 9.87. The molecule has 4 rings (SSSR count). The summed E-state index contributed by atoms with van der Waals surface area (Å²) < 4.78 is 0. The molecular formula is C22H29N5O2. The number of nitrogens with zero attached hydrogens (tertiary/aromatic N) is 3. The van der Waals surface area contributed by atoms with Crippen LogP contribution in [-0.2, 0) is 4.79 Å². The Morgan fingerprint density at radius 3 is 2.59 bits per heavy atom. The minimum Gasteiger partial charge on any atom is -0.347 e. The van der Waals surface area contributed by atoms with E-state index in [9.17, 15) is 9.59 Å². The summed E-state index contributed by atoms with van der Waals surface area (Å²) in [4.78, 5) is 32.0. The highest BCUT2D eigenvalue weighted by molar-refractivity contribution is 5.94. The number of carbonyl (C=O) groups is 2. The zero-order valence-corrected chi connectivity index (χ0v) is 16.9. The van der Waals surface area contributed by atoms with E-state index in [-0.39, 0.29) is 23.8 Å². The van der Waals surface area contributed by atoms with Crippen molar-refractivity contribution in [3.63, 3.8) is 0 Å². The number of hydrogen-bond acceptors (Lipinski definition) is 4. The maximum Gasteiger partial charge on any atom is 0.251 e. The number of H-pyrrole nitrogens is 1. The molecule has 0 bridgehead atoms. The first-order chi connectivity index (χ1) is 14.1. The molecule has 2 aromatic rings. The summed E-state index contributed by atoms with van der Waals surface area (Å²) in [5, 5.41) is 10.3. The van der Waals surface area contributed by atoms with Crippen LogP contribution in [-0.4, -0.2) is 51.0 Å². The van der Waals surface area contributed by atoms with E-state index >= 15 is 0 Å². The van der Waals surface area contributed by atoms with Crippen molar-refractivity contribution >= 4 is 11.8 Å². The number of aromatic amines is 1. The number of aromatic nitrogens is 3. The van der Waals surface area contributed by atoms with E-state index in [2.05, 4.69) is 20.5 Å². The number of benzene rings is 1. The van der Waals surface area contributed by atoms with E-state index in [1.165, 1.54) is 19.3 Å². The van der Waals surface area contributed by atoms with Gasteiger partial charge in [-0.3, -0.25) is 14.7 Å². The molecule has 2 unspecified atom stereocenters. The van der Waals surface area contributed by atoms with Crippen molar-refractivity contribution in [2.75, 3.05) is 13.1 Å². The Hall–Kier alpha value is -2.70. The minimum absolute atomic E-state index is 0.108. The average molecular weight is 396 g/mol. The van der Waals surface area contributed by atoms with Crippen LogP contribution in [0.5, 0.6) is 0 Å². The molecular weight excluding hydrogens is 366 g/mol. The van der Waals surface area contributed by atoms with Crippen molar-refractivity contribution in [1.82, 2.24) is 25.4 Å². The maximum absolute atomic E-state index is 13.0. The van der Waals surface area contributed by atoms with Gasteiger partial charge >= 0.3 is 0 Å². The predicted molar refractivity (Wildman–Crippen MR) is 109 cm³/mol. The zero-order valence-electron chi connectivity index (χ0n) is 16.9. The minimum atomic E-state index is -0.201. The van der Waals surface area contributed by atoms with Gasteiger partial charge in [0.2, 0.25) is 5.91 Å². The molecule has 2 N–H and O–H groups in total. The average Bonchev–Trinajstić information content (AvgIpc) is 3.35. The first kappa shape index (κ1) is 19.6. The second-order valence-electron chi connectivity index (χ2n) is 8.34. The highest BCUT2D eigenvalue weighted by Gasteiger charge is 2.39. The third-order valence-corrected chi connectivity index (χ3v) is 6.16. The van der Waals surface area contributed by atoms with Gasteiger partial charge in [-0.05, 0) is 37.8 Å². The molecule has 0 spiro atoms. The van der Waals surface area contributed by atoms with Gasteiger partial charge in [-0.15, -0.1) is 0 Å². The lowest BCUT2D eigenvalue weighted by Gasteiger charge is -2.24. The number of carbonyl (C=O) groups excluding carboxylic acids is 2. The fraction of sp³-hybridized carbons (Fsp3) is 0.545. The maximum atomic E-state index is 13.0. The Bertz CT molecular complexity index is 844. The quantitative estimate of drug-likeness (QED) is 0.814. The molecule has 29 heavy (non-hydrogen) atoms. The predicted octanol–water partition coefficient (Wildman–Crippen LogP) is 2.81. The molecule has 2 atom stereocenters. The summed E-state index contributed by atoms with van der Waals surface area (Å²) in [6, 6.07) is 8.97. The van der Waals surface area contributed by atoms with E-state index in [4.69, 9.17) is 0 Å². The summed E-state index contributed by atoms with van der Waals surface area (Å²) in [6.07, 6.45) is 6.65. The van der Waals surface area contributed by atoms with Gasteiger partial charge in [0.1, 0.15) is 5.82 Å². The second-order valence-corrected chi connectivity index (χ2v) is 8.34. The topological polar surface area (TPSA) is 91.0 Å². The van der Waals surface area contributed by atoms with Crippen LogP contribution < -0.4 is 5.32 Å².